The molecule has 0 aliphatic carbocycles. The molecule has 21 heavy (non-hydrogen) atoms. The second kappa shape index (κ2) is 6.28. The number of carbonyl (C=O) groups excluding carboxylic acids is 1. The number of hydrogen-bond acceptors (Lipinski definition) is 5. The number of aromatic carboxylic acids is 1. The summed E-state index contributed by atoms with van der Waals surface area (Å²) in [4.78, 5) is 22.7. The average Bonchev–Trinajstić information content (AvgIpc) is 2.45. The number of carboxylic acid groups (broad SMARTS) is 1. The van der Waals surface area contributed by atoms with E-state index in [1.807, 2.05) is 6.07 Å². The number of carbonyl (C=O) groups is 2. The van der Waals surface area contributed by atoms with Crippen molar-refractivity contribution >= 4 is 19.0 Å². The molecule has 1 aliphatic heterocycles. The van der Waals surface area contributed by atoms with Gasteiger partial charge in [0.25, 0.3) is 0 Å². The highest BCUT2D eigenvalue weighted by molar-refractivity contribution is 6.47. The predicted octanol–water partition coefficient (Wildman–Crippen LogP) is 0.128. The lowest BCUT2D eigenvalue weighted by atomic mass is 9.72. The van der Waals surface area contributed by atoms with Gasteiger partial charge >= 0.3 is 13.1 Å². The zero-order chi connectivity index (χ0) is 15.4. The summed E-state index contributed by atoms with van der Waals surface area (Å²) in [5, 5.41) is 30.0. The van der Waals surface area contributed by atoms with Crippen molar-refractivity contribution in [3.63, 3.8) is 0 Å². The van der Waals surface area contributed by atoms with Crippen LogP contribution in [0.5, 0.6) is 5.75 Å². The Morgan fingerprint density at radius 3 is 2.95 bits per heavy atom. The van der Waals surface area contributed by atoms with Crippen LogP contribution < -0.4 is 9.97 Å². The molecule has 7 nitrogen and oxygen atoms in total. The van der Waals surface area contributed by atoms with E-state index in [0.717, 1.165) is 0 Å². The molecule has 1 amide bonds. The van der Waals surface area contributed by atoms with Crippen LogP contribution in [0.1, 0.15) is 28.8 Å². The third-order valence-corrected chi connectivity index (χ3v) is 3.16. The number of fused-ring (bicyclic) bond motifs is 1. The molecule has 3 N–H and O–H groups in total. The molecule has 0 bridgehead atoms. The summed E-state index contributed by atoms with van der Waals surface area (Å²) in [6.07, 6.45) is 0.396. The van der Waals surface area contributed by atoms with Gasteiger partial charge in [-0.3, -0.25) is 4.79 Å². The molecule has 108 valence electrons. The van der Waals surface area contributed by atoms with Crippen LogP contribution in [-0.2, 0) is 11.2 Å². The Hall–Kier alpha value is -2.53. The molecular weight excluding hydrogens is 275 g/mol. The summed E-state index contributed by atoms with van der Waals surface area (Å²) in [5.74, 6) is -2.05. The van der Waals surface area contributed by atoms with Crippen LogP contribution >= 0.6 is 0 Å². The molecule has 0 aromatic heterocycles. The summed E-state index contributed by atoms with van der Waals surface area (Å²) in [7, 11) is -1.33. The van der Waals surface area contributed by atoms with Gasteiger partial charge in [0.2, 0.25) is 5.91 Å². The van der Waals surface area contributed by atoms with E-state index in [1.165, 1.54) is 6.07 Å². The van der Waals surface area contributed by atoms with Gasteiger partial charge in [-0.05, 0) is 18.1 Å². The molecule has 8 heteroatoms. The fraction of sp³-hybridized carbons (Fsp3) is 0.308. The zero-order valence-corrected chi connectivity index (χ0v) is 11.1. The highest BCUT2D eigenvalue weighted by Gasteiger charge is 2.37. The number of benzene rings is 1. The van der Waals surface area contributed by atoms with Gasteiger partial charge in [-0.25, -0.2) is 4.79 Å². The van der Waals surface area contributed by atoms with Gasteiger partial charge in [0.1, 0.15) is 5.75 Å². The van der Waals surface area contributed by atoms with E-state index in [1.54, 1.807) is 12.1 Å². The van der Waals surface area contributed by atoms with E-state index in [2.05, 4.69) is 5.32 Å². The average molecular weight is 288 g/mol. The number of hydrogen-bond donors (Lipinski definition) is 3. The Labute approximate surface area is 121 Å². The molecule has 2 rings (SSSR count). The van der Waals surface area contributed by atoms with Crippen molar-refractivity contribution in [2.24, 2.45) is 0 Å². The molecule has 1 aromatic rings. The molecule has 0 radical (unpaired) electrons. The molecular formula is C13H13BN2O5. The van der Waals surface area contributed by atoms with Crippen LogP contribution in [0.2, 0.25) is 0 Å². The molecule has 0 saturated heterocycles. The van der Waals surface area contributed by atoms with Crippen molar-refractivity contribution in [2.45, 2.75) is 25.2 Å². The molecule has 1 atom stereocenters. The van der Waals surface area contributed by atoms with E-state index in [9.17, 15) is 14.6 Å². The maximum Gasteiger partial charge on any atom is 0.547 e. The standard InChI is InChI=1S/C13H13BN2O5/c15-6-2-5-11(17)16-10-7-8-3-1-4-9(13(18)19)12(8)21-14(10)20/h1,3-4,10,20H,2,5,7H2,(H,16,17)(H,18,19)/t10-/m0/s1. The normalized spacial score (nSPS) is 16.4. The van der Waals surface area contributed by atoms with Crippen molar-refractivity contribution in [3.05, 3.63) is 29.3 Å². The first-order chi connectivity index (χ1) is 10.0. The molecule has 0 unspecified atom stereocenters. The Balaban J connectivity index is 2.14. The second-order valence-corrected chi connectivity index (χ2v) is 4.64. The van der Waals surface area contributed by atoms with Crippen LogP contribution in [0.3, 0.4) is 0 Å². The first kappa shape index (κ1) is 14.9. The van der Waals surface area contributed by atoms with E-state index in [4.69, 9.17) is 15.0 Å². The van der Waals surface area contributed by atoms with Crippen molar-refractivity contribution in [1.29, 1.82) is 5.26 Å². The van der Waals surface area contributed by atoms with E-state index >= 15 is 0 Å². The minimum Gasteiger partial charge on any atom is -0.534 e. The fourth-order valence-electron chi connectivity index (χ4n) is 2.16. The second-order valence-electron chi connectivity index (χ2n) is 4.64. The summed E-state index contributed by atoms with van der Waals surface area (Å²) < 4.78 is 5.24. The van der Waals surface area contributed by atoms with Crippen molar-refractivity contribution in [1.82, 2.24) is 5.32 Å². The third kappa shape index (κ3) is 3.33. The first-order valence-electron chi connectivity index (χ1n) is 6.39. The van der Waals surface area contributed by atoms with Gasteiger partial charge in [-0.1, -0.05) is 12.1 Å². The summed E-state index contributed by atoms with van der Waals surface area (Å²) in [5.41, 5.74) is 0.576. The smallest absolute Gasteiger partial charge is 0.534 e. The summed E-state index contributed by atoms with van der Waals surface area (Å²) in [6, 6.07) is 6.52. The lowest BCUT2D eigenvalue weighted by molar-refractivity contribution is -0.121. The van der Waals surface area contributed by atoms with Crippen LogP contribution in [0.4, 0.5) is 0 Å². The number of para-hydroxylation sites is 1. The van der Waals surface area contributed by atoms with Gasteiger partial charge in [-0.2, -0.15) is 5.26 Å². The van der Waals surface area contributed by atoms with Gasteiger partial charge in [-0.15, -0.1) is 0 Å². The Morgan fingerprint density at radius 2 is 2.29 bits per heavy atom. The van der Waals surface area contributed by atoms with Crippen LogP contribution in [0.15, 0.2) is 18.2 Å². The molecule has 0 fully saturated rings. The predicted molar refractivity (Wildman–Crippen MR) is 72.5 cm³/mol. The van der Waals surface area contributed by atoms with Gasteiger partial charge < -0.3 is 20.1 Å². The van der Waals surface area contributed by atoms with E-state index < -0.39 is 19.0 Å². The largest absolute Gasteiger partial charge is 0.547 e. The molecule has 0 spiro atoms. The van der Waals surface area contributed by atoms with Gasteiger partial charge in [0, 0.05) is 12.8 Å². The topological polar surface area (TPSA) is 120 Å². The van der Waals surface area contributed by atoms with Crippen molar-refractivity contribution in [2.75, 3.05) is 0 Å². The van der Waals surface area contributed by atoms with Crippen LogP contribution in [-0.4, -0.2) is 35.1 Å². The quantitative estimate of drug-likeness (QED) is 0.677. The van der Waals surface area contributed by atoms with E-state index in [0.29, 0.717) is 5.56 Å². The van der Waals surface area contributed by atoms with Gasteiger partial charge in [0.05, 0.1) is 17.6 Å². The Kier molecular flexibility index (Phi) is 4.45. The fourth-order valence-corrected chi connectivity index (χ4v) is 2.16. The lowest BCUT2D eigenvalue weighted by Gasteiger charge is -2.28. The monoisotopic (exact) mass is 288 g/mol. The number of amides is 1. The van der Waals surface area contributed by atoms with Crippen molar-refractivity contribution in [3.8, 4) is 11.8 Å². The maximum atomic E-state index is 11.6. The number of carboxylic acids is 1. The zero-order valence-electron chi connectivity index (χ0n) is 11.1. The maximum absolute atomic E-state index is 11.6. The lowest BCUT2D eigenvalue weighted by Crippen LogP contribution is -2.53. The number of nitrogens with one attached hydrogen (secondary N) is 1. The van der Waals surface area contributed by atoms with Crippen molar-refractivity contribution < 1.29 is 24.4 Å². The first-order valence-corrected chi connectivity index (χ1v) is 6.39. The minimum atomic E-state index is -1.33. The highest BCUT2D eigenvalue weighted by atomic mass is 16.5. The SMILES string of the molecule is N#CCCC(=O)N[C@H]1Cc2cccc(C(=O)O)c2OB1O. The summed E-state index contributed by atoms with van der Waals surface area (Å²) in [6.45, 7) is 0. The minimum absolute atomic E-state index is 0.0270. The molecule has 1 aliphatic rings. The molecule has 1 aromatic carbocycles. The Bertz CT molecular complexity index is 613. The summed E-state index contributed by atoms with van der Waals surface area (Å²) >= 11 is 0. The molecule has 1 heterocycles. The van der Waals surface area contributed by atoms with E-state index in [-0.39, 0.29) is 36.5 Å². The third-order valence-electron chi connectivity index (χ3n) is 3.16. The number of nitriles is 1. The Morgan fingerprint density at radius 1 is 1.52 bits per heavy atom. The molecule has 0 saturated carbocycles. The van der Waals surface area contributed by atoms with Gasteiger partial charge in [0.15, 0.2) is 0 Å². The number of rotatable bonds is 4. The van der Waals surface area contributed by atoms with Crippen LogP contribution in [0, 0.1) is 11.3 Å². The number of nitrogens with zero attached hydrogens (tertiary/aromatic N) is 1. The van der Waals surface area contributed by atoms with Crippen LogP contribution in [0.25, 0.3) is 0 Å². The highest BCUT2D eigenvalue weighted by Crippen LogP contribution is 2.30.